The molecule has 0 atom stereocenters. The van der Waals surface area contributed by atoms with Crippen molar-refractivity contribution in [3.8, 4) is 0 Å². The summed E-state index contributed by atoms with van der Waals surface area (Å²) in [7, 11) is 0. The molecule has 1 aromatic rings. The summed E-state index contributed by atoms with van der Waals surface area (Å²) >= 11 is -0.0398. The Morgan fingerprint density at radius 2 is 1.75 bits per heavy atom. The van der Waals surface area contributed by atoms with Crippen LogP contribution in [0.4, 0.5) is 0 Å². The van der Waals surface area contributed by atoms with Crippen LogP contribution in [0.2, 0.25) is 5.76 Å². The van der Waals surface area contributed by atoms with Crippen molar-refractivity contribution in [2.45, 2.75) is 5.76 Å². The first-order valence-electron chi connectivity index (χ1n) is 2.78. The number of hydrogen-bond acceptors (Lipinski definition) is 0. The fraction of sp³-hybridized carbons (Fsp3) is 0.143. The zero-order chi connectivity index (χ0) is 5.82. The van der Waals surface area contributed by atoms with Crippen LogP contribution in [0.5, 0.6) is 0 Å². The van der Waals surface area contributed by atoms with Gasteiger partial charge in [-0.3, -0.25) is 0 Å². The van der Waals surface area contributed by atoms with Crippen LogP contribution in [0.15, 0.2) is 30.3 Å². The first-order valence-corrected chi connectivity index (χ1v) is 6.41. The quantitative estimate of drug-likeness (QED) is 0.541. The third-order valence-corrected chi connectivity index (χ3v) is 3.34. The van der Waals surface area contributed by atoms with Crippen LogP contribution in [-0.4, -0.2) is 15.4 Å². The van der Waals surface area contributed by atoms with E-state index < -0.39 is 0 Å². The van der Waals surface area contributed by atoms with E-state index >= 15 is 0 Å². The topological polar surface area (TPSA) is 0 Å². The van der Waals surface area contributed by atoms with Crippen molar-refractivity contribution < 1.29 is 0 Å². The van der Waals surface area contributed by atoms with Gasteiger partial charge in [-0.05, 0) is 0 Å². The first-order chi connectivity index (χ1) is 3.93. The molecule has 0 saturated carbocycles. The van der Waals surface area contributed by atoms with Crippen LogP contribution >= 0.6 is 0 Å². The normalized spacial score (nSPS) is 9.12. The van der Waals surface area contributed by atoms with E-state index in [2.05, 4.69) is 36.1 Å². The standard InChI is InChI=1S/C7H9Ge/c1-8-7-5-3-2-4-6-7/h2-6,8H,1H3. The second-order valence-corrected chi connectivity index (χ2v) is 4.31. The summed E-state index contributed by atoms with van der Waals surface area (Å²) in [6.45, 7) is 0. The van der Waals surface area contributed by atoms with Gasteiger partial charge in [0.15, 0.2) is 0 Å². The Morgan fingerprint density at radius 3 is 2.12 bits per heavy atom. The molecule has 0 saturated heterocycles. The molecule has 0 fully saturated rings. The van der Waals surface area contributed by atoms with Gasteiger partial charge in [-0.25, -0.2) is 0 Å². The van der Waals surface area contributed by atoms with Gasteiger partial charge < -0.3 is 0 Å². The third kappa shape index (κ3) is 1.37. The fourth-order valence-electron chi connectivity index (χ4n) is 0.645. The Hall–Kier alpha value is -0.237. The van der Waals surface area contributed by atoms with Crippen molar-refractivity contribution in [3.63, 3.8) is 0 Å². The molecule has 0 N–H and O–H groups in total. The van der Waals surface area contributed by atoms with E-state index in [1.165, 1.54) is 0 Å². The summed E-state index contributed by atoms with van der Waals surface area (Å²) in [5.74, 6) is 2.32. The molecule has 1 heteroatoms. The molecule has 1 radical (unpaired) electrons. The zero-order valence-electron chi connectivity index (χ0n) is 4.96. The van der Waals surface area contributed by atoms with E-state index in [9.17, 15) is 0 Å². The average Bonchev–Trinajstić information content (AvgIpc) is 1.90. The van der Waals surface area contributed by atoms with Gasteiger partial charge in [0.05, 0.1) is 0 Å². The van der Waals surface area contributed by atoms with Crippen molar-refractivity contribution in [3.05, 3.63) is 30.3 Å². The minimum absolute atomic E-state index is 0.0398. The van der Waals surface area contributed by atoms with Gasteiger partial charge in [0.2, 0.25) is 0 Å². The van der Waals surface area contributed by atoms with Crippen molar-refractivity contribution in [1.29, 1.82) is 0 Å². The Morgan fingerprint density at radius 1 is 1.12 bits per heavy atom. The number of rotatable bonds is 1. The van der Waals surface area contributed by atoms with Gasteiger partial charge in [-0.1, -0.05) is 0 Å². The molecule has 0 bridgehead atoms. The molecule has 8 heavy (non-hydrogen) atoms. The van der Waals surface area contributed by atoms with Gasteiger partial charge >= 0.3 is 55.9 Å². The summed E-state index contributed by atoms with van der Waals surface area (Å²) in [5.41, 5.74) is 0. The predicted molar refractivity (Wildman–Crippen MR) is 39.1 cm³/mol. The molecular weight excluding hydrogens is 157 g/mol. The monoisotopic (exact) mass is 167 g/mol. The maximum absolute atomic E-state index is 2.32. The summed E-state index contributed by atoms with van der Waals surface area (Å²) < 4.78 is 1.57. The molecule has 0 aliphatic heterocycles. The molecule has 0 amide bonds. The SMILES string of the molecule is [CH3][GeH][c]1ccccc1. The molecular formula is C7H9Ge. The van der Waals surface area contributed by atoms with E-state index in [1.807, 2.05) is 0 Å². The summed E-state index contributed by atoms with van der Waals surface area (Å²) in [6.07, 6.45) is 0. The van der Waals surface area contributed by atoms with Crippen LogP contribution in [0.1, 0.15) is 0 Å². The van der Waals surface area contributed by atoms with Gasteiger partial charge in [0, 0.05) is 0 Å². The molecule has 0 unspecified atom stereocenters. The summed E-state index contributed by atoms with van der Waals surface area (Å²) in [5, 5.41) is 0. The van der Waals surface area contributed by atoms with E-state index in [0.29, 0.717) is 0 Å². The van der Waals surface area contributed by atoms with Crippen LogP contribution in [0.25, 0.3) is 0 Å². The first kappa shape index (κ1) is 5.89. The van der Waals surface area contributed by atoms with E-state index in [4.69, 9.17) is 0 Å². The molecule has 0 heterocycles. The third-order valence-electron chi connectivity index (χ3n) is 1.13. The molecule has 1 aromatic carbocycles. The van der Waals surface area contributed by atoms with Crippen molar-refractivity contribution in [2.75, 3.05) is 0 Å². The van der Waals surface area contributed by atoms with Crippen LogP contribution < -0.4 is 4.40 Å². The Kier molecular flexibility index (Phi) is 2.15. The molecule has 1 rings (SSSR count). The Balaban J connectivity index is 2.83. The summed E-state index contributed by atoms with van der Waals surface area (Å²) in [4.78, 5) is 0. The molecule has 0 aliphatic rings. The Labute approximate surface area is 56.4 Å². The summed E-state index contributed by atoms with van der Waals surface area (Å²) in [6, 6.07) is 10.7. The minimum atomic E-state index is -0.0398. The second-order valence-electron chi connectivity index (χ2n) is 1.70. The zero-order valence-corrected chi connectivity index (χ0v) is 7.39. The average molecular weight is 166 g/mol. The van der Waals surface area contributed by atoms with E-state index in [-0.39, 0.29) is 15.4 Å². The second kappa shape index (κ2) is 2.92. The van der Waals surface area contributed by atoms with Crippen LogP contribution in [0.3, 0.4) is 0 Å². The molecule has 0 aromatic heterocycles. The molecule has 0 nitrogen and oxygen atoms in total. The van der Waals surface area contributed by atoms with Crippen LogP contribution in [-0.2, 0) is 0 Å². The number of hydrogen-bond donors (Lipinski definition) is 0. The predicted octanol–water partition coefficient (Wildman–Crippen LogP) is 0.796. The molecule has 0 aliphatic carbocycles. The number of benzene rings is 1. The fourth-order valence-corrected chi connectivity index (χ4v) is 1.92. The van der Waals surface area contributed by atoms with E-state index in [1.54, 1.807) is 4.40 Å². The maximum atomic E-state index is 2.32. The van der Waals surface area contributed by atoms with Crippen molar-refractivity contribution >= 4 is 19.8 Å². The van der Waals surface area contributed by atoms with Crippen molar-refractivity contribution in [2.24, 2.45) is 0 Å². The van der Waals surface area contributed by atoms with Crippen molar-refractivity contribution in [1.82, 2.24) is 0 Å². The van der Waals surface area contributed by atoms with Gasteiger partial charge in [-0.15, -0.1) is 0 Å². The van der Waals surface area contributed by atoms with Gasteiger partial charge in [-0.2, -0.15) is 0 Å². The molecule has 41 valence electrons. The van der Waals surface area contributed by atoms with Crippen LogP contribution in [0, 0.1) is 0 Å². The Bertz CT molecular complexity index is 146. The van der Waals surface area contributed by atoms with Gasteiger partial charge in [0.1, 0.15) is 0 Å². The molecule has 0 spiro atoms. The van der Waals surface area contributed by atoms with Gasteiger partial charge in [0.25, 0.3) is 0 Å². The van der Waals surface area contributed by atoms with E-state index in [0.717, 1.165) is 0 Å².